The summed E-state index contributed by atoms with van der Waals surface area (Å²) in [6, 6.07) is 4.39. The number of pyridine rings is 1. The molecule has 0 bridgehead atoms. The second kappa shape index (κ2) is 13.1. The van der Waals surface area contributed by atoms with Crippen molar-refractivity contribution in [1.29, 1.82) is 0 Å². The number of nitrogens with zero attached hydrogens (tertiary/aromatic N) is 1. The zero-order chi connectivity index (χ0) is 13.8. The Bertz CT molecular complexity index is 325. The van der Waals surface area contributed by atoms with Crippen LogP contribution in [0, 0.1) is 0 Å². The maximum absolute atomic E-state index is 2.35. The Morgan fingerprint density at radius 2 is 1.45 bits per heavy atom. The van der Waals surface area contributed by atoms with Gasteiger partial charge in [0.25, 0.3) is 0 Å². The average molecular weight is 281 g/mol. The molecule has 0 radical (unpaired) electrons. The van der Waals surface area contributed by atoms with Gasteiger partial charge in [0.1, 0.15) is 6.54 Å². The average Bonchev–Trinajstić information content (AvgIpc) is 2.46. The van der Waals surface area contributed by atoms with Crippen molar-refractivity contribution in [3.63, 3.8) is 0 Å². The Balaban J connectivity index is 0.00000361. The summed E-state index contributed by atoms with van der Waals surface area (Å²) in [6.45, 7) is 5.69. The van der Waals surface area contributed by atoms with E-state index in [-0.39, 0.29) is 4.70 Å². The normalized spacial score (nSPS) is 10.3. The first-order valence-electron chi connectivity index (χ1n) is 8.34. The molecule has 0 atom stereocenters. The SMILES string of the molecule is CCCCCCCCCCC[n+]1cccc(CC)c1.[F-]. The third-order valence-electron chi connectivity index (χ3n) is 3.85. The summed E-state index contributed by atoms with van der Waals surface area (Å²) < 4.78 is 2.35. The van der Waals surface area contributed by atoms with E-state index in [1.54, 1.807) is 0 Å². The molecule has 20 heavy (non-hydrogen) atoms. The Kier molecular flexibility index (Phi) is 12.5. The van der Waals surface area contributed by atoms with Gasteiger partial charge in [0.15, 0.2) is 12.4 Å². The van der Waals surface area contributed by atoms with E-state index in [1.807, 2.05) is 0 Å². The zero-order valence-electron chi connectivity index (χ0n) is 13.4. The van der Waals surface area contributed by atoms with Gasteiger partial charge in [-0.25, -0.2) is 4.57 Å². The minimum absolute atomic E-state index is 0. The first kappa shape index (κ1) is 19.1. The van der Waals surface area contributed by atoms with Crippen LogP contribution in [-0.4, -0.2) is 0 Å². The van der Waals surface area contributed by atoms with Crippen LogP contribution in [0.25, 0.3) is 0 Å². The van der Waals surface area contributed by atoms with Crippen molar-refractivity contribution in [2.45, 2.75) is 84.6 Å². The number of hydrogen-bond donors (Lipinski definition) is 0. The van der Waals surface area contributed by atoms with Gasteiger partial charge in [-0.2, -0.15) is 0 Å². The van der Waals surface area contributed by atoms with Crippen LogP contribution in [0.5, 0.6) is 0 Å². The van der Waals surface area contributed by atoms with Crippen molar-refractivity contribution in [2.75, 3.05) is 0 Å². The lowest BCUT2D eigenvalue weighted by Crippen LogP contribution is -3.00. The molecule has 0 amide bonds. The molecule has 2 heteroatoms. The second-order valence-electron chi connectivity index (χ2n) is 5.63. The lowest BCUT2D eigenvalue weighted by atomic mass is 10.1. The van der Waals surface area contributed by atoms with E-state index in [2.05, 4.69) is 42.9 Å². The molecule has 1 nitrogen and oxygen atoms in total. The summed E-state index contributed by atoms with van der Waals surface area (Å²) >= 11 is 0. The molecule has 0 N–H and O–H groups in total. The third kappa shape index (κ3) is 9.06. The monoisotopic (exact) mass is 281 g/mol. The van der Waals surface area contributed by atoms with Gasteiger partial charge in [-0.15, -0.1) is 0 Å². The molecule has 0 aliphatic rings. The van der Waals surface area contributed by atoms with Gasteiger partial charge in [0.2, 0.25) is 0 Å². The smallest absolute Gasteiger partial charge is 0.171 e. The van der Waals surface area contributed by atoms with Crippen molar-refractivity contribution in [3.8, 4) is 0 Å². The molecule has 0 spiro atoms. The van der Waals surface area contributed by atoms with Crippen LogP contribution in [0.2, 0.25) is 0 Å². The highest BCUT2D eigenvalue weighted by Gasteiger charge is 2.01. The molecule has 0 saturated heterocycles. The van der Waals surface area contributed by atoms with E-state index in [0.29, 0.717) is 0 Å². The summed E-state index contributed by atoms with van der Waals surface area (Å²) in [5.41, 5.74) is 1.44. The number of aromatic nitrogens is 1. The largest absolute Gasteiger partial charge is 1.00 e. The fourth-order valence-corrected chi connectivity index (χ4v) is 2.53. The van der Waals surface area contributed by atoms with E-state index < -0.39 is 0 Å². The van der Waals surface area contributed by atoms with Crippen LogP contribution in [0.4, 0.5) is 0 Å². The minimum atomic E-state index is 0. The van der Waals surface area contributed by atoms with Crippen molar-refractivity contribution < 1.29 is 9.27 Å². The number of rotatable bonds is 11. The van der Waals surface area contributed by atoms with Crippen LogP contribution in [-0.2, 0) is 13.0 Å². The highest BCUT2D eigenvalue weighted by atomic mass is 19.0. The van der Waals surface area contributed by atoms with Gasteiger partial charge in [0, 0.05) is 18.1 Å². The molecule has 1 heterocycles. The first-order valence-corrected chi connectivity index (χ1v) is 8.34. The fraction of sp³-hybridized carbons (Fsp3) is 0.722. The van der Waals surface area contributed by atoms with Gasteiger partial charge in [-0.3, -0.25) is 0 Å². The fourth-order valence-electron chi connectivity index (χ4n) is 2.53. The van der Waals surface area contributed by atoms with Crippen molar-refractivity contribution >= 4 is 0 Å². The molecule has 0 aromatic carbocycles. The lowest BCUT2D eigenvalue weighted by molar-refractivity contribution is -0.697. The predicted molar refractivity (Wildman–Crippen MR) is 83.2 cm³/mol. The predicted octanol–water partition coefficient (Wildman–Crippen LogP) is 2.07. The lowest BCUT2D eigenvalue weighted by Gasteiger charge is -2.01. The summed E-state index contributed by atoms with van der Waals surface area (Å²) in [5, 5.41) is 0. The molecule has 1 aromatic heterocycles. The maximum atomic E-state index is 2.35. The standard InChI is InChI=1S/C18H32N.FH/c1-3-5-6-7-8-9-10-11-12-15-19-16-13-14-18(4-2)17-19;/h13-14,16-17H,3-12,15H2,1-2H3;1H/q+1;/p-1. The van der Waals surface area contributed by atoms with Crippen LogP contribution >= 0.6 is 0 Å². The van der Waals surface area contributed by atoms with Crippen molar-refractivity contribution in [1.82, 2.24) is 0 Å². The highest BCUT2D eigenvalue weighted by Crippen LogP contribution is 2.09. The molecule has 0 aliphatic carbocycles. The van der Waals surface area contributed by atoms with E-state index in [4.69, 9.17) is 0 Å². The topological polar surface area (TPSA) is 3.88 Å². The van der Waals surface area contributed by atoms with E-state index in [0.717, 1.165) is 6.42 Å². The molecule has 0 unspecified atom stereocenters. The van der Waals surface area contributed by atoms with E-state index in [1.165, 1.54) is 69.9 Å². The highest BCUT2D eigenvalue weighted by molar-refractivity contribution is 5.04. The van der Waals surface area contributed by atoms with Gasteiger partial charge in [-0.05, 0) is 18.9 Å². The van der Waals surface area contributed by atoms with E-state index in [9.17, 15) is 0 Å². The number of halogens is 1. The molecule has 116 valence electrons. The molecule has 1 rings (SSSR count). The molecule has 0 fully saturated rings. The Morgan fingerprint density at radius 1 is 0.850 bits per heavy atom. The molecular weight excluding hydrogens is 249 g/mol. The maximum Gasteiger partial charge on any atom is 0.171 e. The molecule has 0 saturated carbocycles. The quantitative estimate of drug-likeness (QED) is 0.432. The summed E-state index contributed by atoms with van der Waals surface area (Å²) in [4.78, 5) is 0. The van der Waals surface area contributed by atoms with Crippen LogP contribution < -0.4 is 9.27 Å². The van der Waals surface area contributed by atoms with Crippen molar-refractivity contribution in [3.05, 3.63) is 30.1 Å². The molecule has 0 aliphatic heterocycles. The summed E-state index contributed by atoms with van der Waals surface area (Å²) in [5.74, 6) is 0. The van der Waals surface area contributed by atoms with E-state index >= 15 is 0 Å². The molecule has 1 aromatic rings. The third-order valence-corrected chi connectivity index (χ3v) is 3.85. The second-order valence-corrected chi connectivity index (χ2v) is 5.63. The van der Waals surface area contributed by atoms with Crippen LogP contribution in [0.15, 0.2) is 24.5 Å². The van der Waals surface area contributed by atoms with Gasteiger partial charge < -0.3 is 4.70 Å². The Morgan fingerprint density at radius 3 is 2.05 bits per heavy atom. The minimum Gasteiger partial charge on any atom is -1.00 e. The Hall–Kier alpha value is -0.920. The molecular formula is C18H32FN. The van der Waals surface area contributed by atoms with Crippen molar-refractivity contribution in [2.24, 2.45) is 0 Å². The summed E-state index contributed by atoms with van der Waals surface area (Å²) in [7, 11) is 0. The Labute approximate surface area is 124 Å². The number of unbranched alkanes of at least 4 members (excludes halogenated alkanes) is 8. The zero-order valence-corrected chi connectivity index (χ0v) is 13.4. The first-order chi connectivity index (χ1) is 9.36. The van der Waals surface area contributed by atoms with Gasteiger partial charge >= 0.3 is 0 Å². The van der Waals surface area contributed by atoms with Crippen LogP contribution in [0.1, 0.15) is 77.2 Å². The number of hydrogen-bond acceptors (Lipinski definition) is 0. The van der Waals surface area contributed by atoms with Gasteiger partial charge in [-0.1, -0.05) is 58.8 Å². The van der Waals surface area contributed by atoms with Crippen LogP contribution in [0.3, 0.4) is 0 Å². The van der Waals surface area contributed by atoms with Gasteiger partial charge in [0.05, 0.1) is 0 Å². The number of aryl methyl sites for hydroxylation is 2. The summed E-state index contributed by atoms with van der Waals surface area (Å²) in [6.07, 6.45) is 18.3.